The van der Waals surface area contributed by atoms with Gasteiger partial charge in [-0.15, -0.1) is 0 Å². The van der Waals surface area contributed by atoms with Gasteiger partial charge in [0, 0.05) is 29.2 Å². The van der Waals surface area contributed by atoms with Crippen molar-refractivity contribution in [1.29, 1.82) is 0 Å². The molecule has 0 spiro atoms. The Bertz CT molecular complexity index is 462. The van der Waals surface area contributed by atoms with Gasteiger partial charge in [-0.05, 0) is 38.5 Å². The maximum Gasteiger partial charge on any atom is 0.142 e. The van der Waals surface area contributed by atoms with Gasteiger partial charge in [-0.3, -0.25) is 0 Å². The zero-order valence-corrected chi connectivity index (χ0v) is 9.99. The molecule has 0 aromatic heterocycles. The SMILES string of the molecule is C=C1C=C(C)N=C2C(C(C)N)=CC(C)=CN12. The molecule has 2 N–H and O–H groups in total. The van der Waals surface area contributed by atoms with E-state index in [1.807, 2.05) is 31.0 Å². The Hall–Kier alpha value is -1.61. The van der Waals surface area contributed by atoms with Crippen molar-refractivity contribution in [1.82, 2.24) is 4.90 Å². The first-order valence-corrected chi connectivity index (χ1v) is 5.40. The smallest absolute Gasteiger partial charge is 0.142 e. The van der Waals surface area contributed by atoms with Crippen molar-refractivity contribution in [3.8, 4) is 0 Å². The average molecular weight is 215 g/mol. The van der Waals surface area contributed by atoms with Gasteiger partial charge >= 0.3 is 0 Å². The molecule has 0 aliphatic carbocycles. The molecule has 2 rings (SSSR count). The van der Waals surface area contributed by atoms with Crippen LogP contribution in [0, 0.1) is 0 Å². The average Bonchev–Trinajstić information content (AvgIpc) is 2.18. The summed E-state index contributed by atoms with van der Waals surface area (Å²) in [5.74, 6) is 0.908. The van der Waals surface area contributed by atoms with Crippen molar-refractivity contribution in [3.63, 3.8) is 0 Å². The largest absolute Gasteiger partial charge is 0.324 e. The molecule has 2 aliphatic heterocycles. The molecule has 0 aromatic rings. The van der Waals surface area contributed by atoms with Crippen LogP contribution in [0.4, 0.5) is 0 Å². The fourth-order valence-electron chi connectivity index (χ4n) is 1.93. The molecule has 0 aromatic carbocycles. The van der Waals surface area contributed by atoms with Crippen LogP contribution in [0.5, 0.6) is 0 Å². The molecule has 2 heterocycles. The van der Waals surface area contributed by atoms with Gasteiger partial charge in [0.25, 0.3) is 0 Å². The molecule has 0 saturated heterocycles. The highest BCUT2D eigenvalue weighted by atomic mass is 15.2. The number of fused-ring (bicyclic) bond motifs is 1. The van der Waals surface area contributed by atoms with Crippen LogP contribution in [0.3, 0.4) is 0 Å². The van der Waals surface area contributed by atoms with Crippen molar-refractivity contribution in [3.05, 3.63) is 47.5 Å². The minimum absolute atomic E-state index is 0.0244. The van der Waals surface area contributed by atoms with E-state index in [-0.39, 0.29) is 6.04 Å². The monoisotopic (exact) mass is 215 g/mol. The zero-order valence-electron chi connectivity index (χ0n) is 9.99. The molecule has 84 valence electrons. The number of hydrogen-bond donors (Lipinski definition) is 1. The van der Waals surface area contributed by atoms with Gasteiger partial charge < -0.3 is 10.6 Å². The summed E-state index contributed by atoms with van der Waals surface area (Å²) in [6, 6.07) is -0.0244. The highest BCUT2D eigenvalue weighted by molar-refractivity contribution is 6.04. The number of amidine groups is 1. The molecule has 3 heteroatoms. The Labute approximate surface area is 96.3 Å². The second kappa shape index (κ2) is 3.76. The summed E-state index contributed by atoms with van der Waals surface area (Å²) in [4.78, 5) is 6.54. The maximum absolute atomic E-state index is 5.98. The lowest BCUT2D eigenvalue weighted by atomic mass is 10.00. The fourth-order valence-corrected chi connectivity index (χ4v) is 1.93. The summed E-state index contributed by atoms with van der Waals surface area (Å²) in [5.41, 5.74) is 10.1. The number of aliphatic imine (C=N–C) groups is 1. The van der Waals surface area contributed by atoms with E-state index < -0.39 is 0 Å². The Balaban J connectivity index is 2.52. The van der Waals surface area contributed by atoms with E-state index in [2.05, 4.69) is 24.6 Å². The standard InChI is InChI=1S/C13H17N3/c1-8-5-12(11(4)14)13-15-9(2)6-10(3)16(13)7-8/h5-7,11H,3,14H2,1-2,4H3. The van der Waals surface area contributed by atoms with Crippen LogP contribution >= 0.6 is 0 Å². The molecule has 0 saturated carbocycles. The first-order chi connectivity index (χ1) is 7.49. The van der Waals surface area contributed by atoms with E-state index in [1.165, 1.54) is 5.57 Å². The second-order valence-corrected chi connectivity index (χ2v) is 4.34. The van der Waals surface area contributed by atoms with Crippen LogP contribution in [0.1, 0.15) is 20.8 Å². The third-order valence-corrected chi connectivity index (χ3v) is 2.66. The summed E-state index contributed by atoms with van der Waals surface area (Å²) in [7, 11) is 0. The van der Waals surface area contributed by atoms with E-state index in [9.17, 15) is 0 Å². The summed E-state index contributed by atoms with van der Waals surface area (Å²) in [6.45, 7) is 10.0. The Morgan fingerprint density at radius 2 is 2.06 bits per heavy atom. The molecule has 0 fully saturated rings. The predicted molar refractivity (Wildman–Crippen MR) is 67.7 cm³/mol. The first kappa shape index (κ1) is 10.9. The maximum atomic E-state index is 5.98. The number of nitrogens with zero attached hydrogens (tertiary/aromatic N) is 2. The van der Waals surface area contributed by atoms with E-state index in [1.54, 1.807) is 0 Å². The molecular formula is C13H17N3. The van der Waals surface area contributed by atoms with Crippen LogP contribution in [0.2, 0.25) is 0 Å². The molecule has 1 unspecified atom stereocenters. The van der Waals surface area contributed by atoms with Gasteiger partial charge in [0.15, 0.2) is 0 Å². The third kappa shape index (κ3) is 1.74. The van der Waals surface area contributed by atoms with Crippen LogP contribution in [-0.4, -0.2) is 16.8 Å². The minimum Gasteiger partial charge on any atom is -0.324 e. The lowest BCUT2D eigenvalue weighted by Gasteiger charge is -2.32. The quantitative estimate of drug-likeness (QED) is 0.729. The predicted octanol–water partition coefficient (Wildman–Crippen LogP) is 2.31. The van der Waals surface area contributed by atoms with Crippen molar-refractivity contribution >= 4 is 5.84 Å². The van der Waals surface area contributed by atoms with Gasteiger partial charge in [-0.1, -0.05) is 6.58 Å². The Morgan fingerprint density at radius 1 is 1.38 bits per heavy atom. The van der Waals surface area contributed by atoms with E-state index in [0.717, 1.165) is 22.8 Å². The van der Waals surface area contributed by atoms with Crippen molar-refractivity contribution in [2.45, 2.75) is 26.8 Å². The molecular weight excluding hydrogens is 198 g/mol. The zero-order chi connectivity index (χ0) is 11.9. The molecule has 16 heavy (non-hydrogen) atoms. The molecule has 3 nitrogen and oxygen atoms in total. The van der Waals surface area contributed by atoms with Crippen LogP contribution < -0.4 is 5.73 Å². The van der Waals surface area contributed by atoms with E-state index >= 15 is 0 Å². The van der Waals surface area contributed by atoms with Crippen LogP contribution in [0.15, 0.2) is 52.5 Å². The normalized spacial score (nSPS) is 21.8. The molecule has 2 aliphatic rings. The summed E-state index contributed by atoms with van der Waals surface area (Å²) in [6.07, 6.45) is 6.10. The van der Waals surface area contributed by atoms with Crippen molar-refractivity contribution in [2.75, 3.05) is 0 Å². The third-order valence-electron chi connectivity index (χ3n) is 2.66. The topological polar surface area (TPSA) is 41.6 Å². The van der Waals surface area contributed by atoms with Gasteiger partial charge in [0.1, 0.15) is 5.84 Å². The molecule has 0 bridgehead atoms. The minimum atomic E-state index is -0.0244. The highest BCUT2D eigenvalue weighted by Crippen LogP contribution is 2.26. The van der Waals surface area contributed by atoms with Gasteiger partial charge in [-0.2, -0.15) is 0 Å². The number of allylic oxidation sites excluding steroid dienone is 4. The lowest BCUT2D eigenvalue weighted by Crippen LogP contribution is -2.37. The van der Waals surface area contributed by atoms with Crippen molar-refractivity contribution in [2.24, 2.45) is 10.7 Å². The van der Waals surface area contributed by atoms with Crippen LogP contribution in [0.25, 0.3) is 0 Å². The Morgan fingerprint density at radius 3 is 2.69 bits per heavy atom. The van der Waals surface area contributed by atoms with Crippen molar-refractivity contribution < 1.29 is 0 Å². The molecule has 1 atom stereocenters. The highest BCUT2D eigenvalue weighted by Gasteiger charge is 2.24. The summed E-state index contributed by atoms with van der Waals surface area (Å²) in [5, 5.41) is 0. The molecule has 0 amide bonds. The van der Waals surface area contributed by atoms with Gasteiger partial charge in [0.2, 0.25) is 0 Å². The van der Waals surface area contributed by atoms with Gasteiger partial charge in [0.05, 0.1) is 0 Å². The number of hydrogen-bond acceptors (Lipinski definition) is 3. The van der Waals surface area contributed by atoms with Gasteiger partial charge in [-0.25, -0.2) is 4.99 Å². The number of rotatable bonds is 1. The summed E-state index contributed by atoms with van der Waals surface area (Å²) >= 11 is 0. The fraction of sp³-hybridized carbons (Fsp3) is 0.308. The Kier molecular flexibility index (Phi) is 2.56. The molecule has 0 radical (unpaired) electrons. The summed E-state index contributed by atoms with van der Waals surface area (Å²) < 4.78 is 0. The van der Waals surface area contributed by atoms with Crippen LogP contribution in [-0.2, 0) is 0 Å². The van der Waals surface area contributed by atoms with E-state index in [4.69, 9.17) is 5.73 Å². The lowest BCUT2D eigenvalue weighted by molar-refractivity contribution is 0.674. The van der Waals surface area contributed by atoms with E-state index in [0.29, 0.717) is 0 Å². The first-order valence-electron chi connectivity index (χ1n) is 5.40. The second-order valence-electron chi connectivity index (χ2n) is 4.34. The number of nitrogens with two attached hydrogens (primary N) is 1.